The largest absolute Gasteiger partial charge is 0.492 e. The molecular weight excluding hydrogens is 365 g/mol. The summed E-state index contributed by atoms with van der Waals surface area (Å²) in [6.45, 7) is 5.26. The summed E-state index contributed by atoms with van der Waals surface area (Å²) in [6, 6.07) is 7.53. The van der Waals surface area contributed by atoms with E-state index in [1.54, 1.807) is 0 Å². The molecule has 8 heteroatoms. The smallest absolute Gasteiger partial charge is 0.240 e. The topological polar surface area (TPSA) is 62.8 Å². The lowest BCUT2D eigenvalue weighted by atomic mass is 10.1. The predicted octanol–water partition coefficient (Wildman–Crippen LogP) is 1.46. The second kappa shape index (κ2) is 12.3. The minimum atomic E-state index is -0.289. The van der Waals surface area contributed by atoms with Gasteiger partial charge in [0.2, 0.25) is 5.91 Å². The summed E-state index contributed by atoms with van der Waals surface area (Å²) >= 11 is 0. The van der Waals surface area contributed by atoms with E-state index < -0.39 is 0 Å². The van der Waals surface area contributed by atoms with Crippen LogP contribution in [0.5, 0.6) is 5.75 Å². The van der Waals surface area contributed by atoms with Crippen molar-refractivity contribution >= 4 is 30.7 Å². The highest BCUT2D eigenvalue weighted by Gasteiger charge is 2.27. The molecule has 0 spiro atoms. The third-order valence-electron chi connectivity index (χ3n) is 3.77. The fourth-order valence-corrected chi connectivity index (χ4v) is 2.42. The van der Waals surface area contributed by atoms with Gasteiger partial charge in [0, 0.05) is 19.6 Å². The number of likely N-dealkylation sites (N-methyl/N-ethyl adjacent to an activating group) is 1. The highest BCUT2D eigenvalue weighted by molar-refractivity contribution is 5.85. The Kier molecular flexibility index (Phi) is 11.8. The van der Waals surface area contributed by atoms with Crippen molar-refractivity contribution in [3.05, 3.63) is 29.8 Å². The van der Waals surface area contributed by atoms with Crippen molar-refractivity contribution in [3.8, 4) is 5.75 Å². The van der Waals surface area contributed by atoms with E-state index in [9.17, 15) is 4.79 Å². The van der Waals surface area contributed by atoms with Crippen molar-refractivity contribution in [2.75, 3.05) is 40.4 Å². The molecule has 1 aliphatic heterocycles. The third kappa shape index (κ3) is 8.25. The quantitative estimate of drug-likeness (QED) is 0.734. The van der Waals surface area contributed by atoms with Crippen LogP contribution in [0.2, 0.25) is 0 Å². The lowest BCUT2D eigenvalue weighted by molar-refractivity contribution is -0.129. The summed E-state index contributed by atoms with van der Waals surface area (Å²) in [5, 5.41) is 6.14. The molecule has 0 radical (unpaired) electrons. The Bertz CT molecular complexity index is 518. The van der Waals surface area contributed by atoms with Gasteiger partial charge in [-0.2, -0.15) is 0 Å². The Hall–Kier alpha value is -1.05. The van der Waals surface area contributed by atoms with Gasteiger partial charge in [0.25, 0.3) is 0 Å². The summed E-state index contributed by atoms with van der Waals surface area (Å²) in [5.74, 6) is 0.794. The van der Waals surface area contributed by atoms with Crippen LogP contribution in [0.15, 0.2) is 24.3 Å². The van der Waals surface area contributed by atoms with Crippen LogP contribution in [0.4, 0.5) is 0 Å². The van der Waals surface area contributed by atoms with E-state index >= 15 is 0 Å². The zero-order valence-corrected chi connectivity index (χ0v) is 16.6. The van der Waals surface area contributed by atoms with E-state index in [0.717, 1.165) is 17.9 Å². The van der Waals surface area contributed by atoms with Crippen LogP contribution in [0.3, 0.4) is 0 Å². The van der Waals surface area contributed by atoms with Gasteiger partial charge in [0.1, 0.15) is 18.4 Å². The van der Waals surface area contributed by atoms with Crippen LogP contribution in [0.1, 0.15) is 12.5 Å². The van der Waals surface area contributed by atoms with E-state index in [4.69, 9.17) is 9.47 Å². The normalized spacial score (nSPS) is 19.5. The number of hydrogen-bond donors (Lipinski definition) is 2. The Labute approximate surface area is 162 Å². The first-order chi connectivity index (χ1) is 11.1. The summed E-state index contributed by atoms with van der Waals surface area (Å²) in [5.41, 5.74) is 1.02. The SMILES string of the molecule is C[C@H]1OCCN[C@@H]1C(=O)NCc1cccc(OCCN(C)C)c1.Cl.Cl. The minimum absolute atomic E-state index is 0. The maximum atomic E-state index is 12.2. The van der Waals surface area contributed by atoms with Crippen molar-refractivity contribution < 1.29 is 14.3 Å². The van der Waals surface area contributed by atoms with E-state index in [1.165, 1.54) is 0 Å². The Morgan fingerprint density at radius 2 is 2.16 bits per heavy atom. The van der Waals surface area contributed by atoms with Crippen LogP contribution in [-0.2, 0) is 16.1 Å². The second-order valence-electron chi connectivity index (χ2n) is 6.02. The molecule has 0 bridgehead atoms. The third-order valence-corrected chi connectivity index (χ3v) is 3.77. The highest BCUT2D eigenvalue weighted by atomic mass is 35.5. The van der Waals surface area contributed by atoms with Gasteiger partial charge in [-0.25, -0.2) is 0 Å². The molecule has 0 aliphatic carbocycles. The van der Waals surface area contributed by atoms with Crippen LogP contribution < -0.4 is 15.4 Å². The van der Waals surface area contributed by atoms with Gasteiger partial charge >= 0.3 is 0 Å². The number of hydrogen-bond acceptors (Lipinski definition) is 5. The molecule has 0 unspecified atom stereocenters. The molecule has 0 saturated carbocycles. The molecule has 2 rings (SSSR count). The summed E-state index contributed by atoms with van der Waals surface area (Å²) in [7, 11) is 4.03. The second-order valence-corrected chi connectivity index (χ2v) is 6.02. The number of benzene rings is 1. The van der Waals surface area contributed by atoms with Gasteiger partial charge in [0.05, 0.1) is 12.7 Å². The van der Waals surface area contributed by atoms with Gasteiger partial charge in [0.15, 0.2) is 0 Å². The lowest BCUT2D eigenvalue weighted by Crippen LogP contribution is -2.55. The van der Waals surface area contributed by atoms with Crippen LogP contribution in [-0.4, -0.2) is 63.4 Å². The summed E-state index contributed by atoms with van der Waals surface area (Å²) in [6.07, 6.45) is -0.107. The van der Waals surface area contributed by atoms with Crippen molar-refractivity contribution in [1.82, 2.24) is 15.5 Å². The first-order valence-electron chi connectivity index (χ1n) is 8.05. The molecule has 1 aromatic rings. The summed E-state index contributed by atoms with van der Waals surface area (Å²) in [4.78, 5) is 14.3. The molecule has 1 amide bonds. The van der Waals surface area contributed by atoms with Gasteiger partial charge < -0.3 is 25.0 Å². The molecule has 1 aromatic carbocycles. The molecule has 144 valence electrons. The van der Waals surface area contributed by atoms with E-state index in [-0.39, 0.29) is 42.9 Å². The standard InChI is InChI=1S/C17H27N3O3.2ClH/c1-13-16(18-7-9-22-13)17(21)19-12-14-5-4-6-15(11-14)23-10-8-20(2)3;;/h4-6,11,13,16,18H,7-10,12H2,1-3H3,(H,19,21);2*1H/t13-,16+;;/m1../s1. The first kappa shape index (κ1) is 23.9. The van der Waals surface area contributed by atoms with E-state index in [0.29, 0.717) is 26.3 Å². The van der Waals surface area contributed by atoms with E-state index in [1.807, 2.05) is 45.3 Å². The monoisotopic (exact) mass is 393 g/mol. The predicted molar refractivity (Wildman–Crippen MR) is 104 cm³/mol. The van der Waals surface area contributed by atoms with Gasteiger partial charge in [-0.1, -0.05) is 12.1 Å². The number of halogens is 2. The molecular formula is C17H29Cl2N3O3. The number of nitrogens with zero attached hydrogens (tertiary/aromatic N) is 1. The number of rotatable bonds is 7. The molecule has 1 saturated heterocycles. The van der Waals surface area contributed by atoms with Gasteiger partial charge in [-0.3, -0.25) is 4.79 Å². The fourth-order valence-electron chi connectivity index (χ4n) is 2.42. The lowest BCUT2D eigenvalue weighted by Gasteiger charge is -2.29. The van der Waals surface area contributed by atoms with Gasteiger partial charge in [-0.05, 0) is 38.7 Å². The maximum Gasteiger partial charge on any atom is 0.240 e. The molecule has 6 nitrogen and oxygen atoms in total. The molecule has 2 atom stereocenters. The van der Waals surface area contributed by atoms with Gasteiger partial charge in [-0.15, -0.1) is 24.8 Å². The van der Waals surface area contributed by atoms with Crippen molar-refractivity contribution in [2.24, 2.45) is 0 Å². The van der Waals surface area contributed by atoms with Crippen LogP contribution in [0, 0.1) is 0 Å². The Morgan fingerprint density at radius 3 is 2.84 bits per heavy atom. The van der Waals surface area contributed by atoms with Crippen molar-refractivity contribution in [3.63, 3.8) is 0 Å². The zero-order chi connectivity index (χ0) is 16.7. The average Bonchev–Trinajstić information content (AvgIpc) is 2.53. The minimum Gasteiger partial charge on any atom is -0.492 e. The Balaban J connectivity index is 0.00000288. The molecule has 1 heterocycles. The first-order valence-corrected chi connectivity index (χ1v) is 8.05. The number of amides is 1. The molecule has 25 heavy (non-hydrogen) atoms. The Morgan fingerprint density at radius 1 is 1.40 bits per heavy atom. The highest BCUT2D eigenvalue weighted by Crippen LogP contribution is 2.13. The zero-order valence-electron chi connectivity index (χ0n) is 15.0. The molecule has 1 aliphatic rings. The maximum absolute atomic E-state index is 12.2. The number of nitrogens with one attached hydrogen (secondary N) is 2. The van der Waals surface area contributed by atoms with Crippen molar-refractivity contribution in [2.45, 2.75) is 25.6 Å². The average molecular weight is 394 g/mol. The molecule has 1 fully saturated rings. The fraction of sp³-hybridized carbons (Fsp3) is 0.588. The van der Waals surface area contributed by atoms with Crippen LogP contribution >= 0.6 is 24.8 Å². The number of ether oxygens (including phenoxy) is 2. The summed E-state index contributed by atoms with van der Waals surface area (Å²) < 4.78 is 11.2. The number of carbonyl (C=O) groups is 1. The molecule has 0 aromatic heterocycles. The van der Waals surface area contributed by atoms with Crippen molar-refractivity contribution in [1.29, 1.82) is 0 Å². The number of morpholine rings is 1. The molecule has 2 N–H and O–H groups in total. The van der Waals surface area contributed by atoms with Crippen LogP contribution in [0.25, 0.3) is 0 Å². The number of carbonyl (C=O) groups excluding carboxylic acids is 1. The van der Waals surface area contributed by atoms with E-state index in [2.05, 4.69) is 15.5 Å².